The van der Waals surface area contributed by atoms with Gasteiger partial charge in [0.25, 0.3) is 0 Å². The highest BCUT2D eigenvalue weighted by Crippen LogP contribution is 2.27. The molecule has 1 heterocycles. The molecule has 2 aromatic rings. The van der Waals surface area contributed by atoms with Gasteiger partial charge in [0, 0.05) is 12.6 Å². The molecule has 1 aliphatic heterocycles. The molecule has 0 saturated heterocycles. The molecule has 0 fully saturated rings. The molecule has 2 aromatic carbocycles. The van der Waals surface area contributed by atoms with Gasteiger partial charge in [0.05, 0.1) is 6.04 Å². The first kappa shape index (κ1) is 16.8. The summed E-state index contributed by atoms with van der Waals surface area (Å²) in [7, 11) is 0. The van der Waals surface area contributed by atoms with Gasteiger partial charge in [-0.1, -0.05) is 85.5 Å². The molecular formula is C23H22N2. The fourth-order valence-corrected chi connectivity index (χ4v) is 2.77. The van der Waals surface area contributed by atoms with Crippen molar-refractivity contribution in [3.05, 3.63) is 96.6 Å². The van der Waals surface area contributed by atoms with Crippen LogP contribution in [0.4, 0.5) is 0 Å². The van der Waals surface area contributed by atoms with Crippen LogP contribution in [0.3, 0.4) is 0 Å². The second-order valence-corrected chi connectivity index (χ2v) is 5.97. The van der Waals surface area contributed by atoms with Crippen LogP contribution in [-0.2, 0) is 0 Å². The highest BCUT2D eigenvalue weighted by atomic mass is 15.0. The van der Waals surface area contributed by atoms with Crippen LogP contribution in [-0.4, -0.2) is 12.1 Å². The van der Waals surface area contributed by atoms with Crippen molar-refractivity contribution in [2.45, 2.75) is 19.4 Å². The Balaban J connectivity index is 1.80. The Kier molecular flexibility index (Phi) is 5.53. The summed E-state index contributed by atoms with van der Waals surface area (Å²) in [5.74, 6) is 0.803. The van der Waals surface area contributed by atoms with Crippen molar-refractivity contribution in [3.63, 3.8) is 0 Å². The quantitative estimate of drug-likeness (QED) is 0.606. The zero-order valence-corrected chi connectivity index (χ0v) is 14.5. The average Bonchev–Trinajstić information content (AvgIpc) is 2.69. The highest BCUT2D eigenvalue weighted by molar-refractivity contribution is 6.03. The molecule has 124 valence electrons. The Morgan fingerprint density at radius 2 is 1.72 bits per heavy atom. The molecule has 1 aliphatic rings. The summed E-state index contributed by atoms with van der Waals surface area (Å²) in [6, 6.07) is 19.2. The maximum Gasteiger partial charge on any atom is 0.150 e. The standard InChI is InChI=1S/C23H22N2/c1-3-4-6-9-18(2)23-24-17-16-22(25-23)21-14-12-20(13-15-21)19-10-7-5-8-11-19/h3-15,17,22H,1,16H2,2H3/b6-4-,18-9+. The molecule has 3 rings (SSSR count). The summed E-state index contributed by atoms with van der Waals surface area (Å²) in [6.45, 7) is 5.71. The molecule has 0 radical (unpaired) electrons. The van der Waals surface area contributed by atoms with Gasteiger partial charge in [0.15, 0.2) is 0 Å². The van der Waals surface area contributed by atoms with Gasteiger partial charge in [-0.05, 0) is 29.2 Å². The predicted octanol–water partition coefficient (Wildman–Crippen LogP) is 5.96. The average molecular weight is 326 g/mol. The Morgan fingerprint density at radius 1 is 1.00 bits per heavy atom. The van der Waals surface area contributed by atoms with E-state index in [1.807, 2.05) is 37.4 Å². The van der Waals surface area contributed by atoms with Gasteiger partial charge in [0.1, 0.15) is 5.84 Å². The highest BCUT2D eigenvalue weighted by Gasteiger charge is 2.15. The molecule has 0 saturated carbocycles. The minimum absolute atomic E-state index is 0.129. The van der Waals surface area contributed by atoms with Crippen LogP contribution >= 0.6 is 0 Å². The van der Waals surface area contributed by atoms with Gasteiger partial charge in [-0.3, -0.25) is 4.99 Å². The molecule has 25 heavy (non-hydrogen) atoms. The molecule has 1 atom stereocenters. The normalized spacial score (nSPS) is 17.6. The van der Waals surface area contributed by atoms with E-state index in [1.54, 1.807) is 6.08 Å². The van der Waals surface area contributed by atoms with Crippen molar-refractivity contribution in [3.8, 4) is 11.1 Å². The lowest BCUT2D eigenvalue weighted by Gasteiger charge is -2.16. The smallest absolute Gasteiger partial charge is 0.150 e. The van der Waals surface area contributed by atoms with Crippen LogP contribution in [0.25, 0.3) is 11.1 Å². The molecule has 2 nitrogen and oxygen atoms in total. The number of nitrogens with zero attached hydrogens (tertiary/aromatic N) is 2. The van der Waals surface area contributed by atoms with E-state index in [2.05, 4.69) is 60.1 Å². The maximum atomic E-state index is 4.82. The number of aliphatic imine (C=N–C) groups is 2. The first-order valence-electron chi connectivity index (χ1n) is 8.50. The predicted molar refractivity (Wildman–Crippen MR) is 108 cm³/mol. The molecule has 0 spiro atoms. The minimum atomic E-state index is 0.129. The summed E-state index contributed by atoms with van der Waals surface area (Å²) < 4.78 is 0. The van der Waals surface area contributed by atoms with Crippen LogP contribution in [0, 0.1) is 0 Å². The summed E-state index contributed by atoms with van der Waals surface area (Å²) >= 11 is 0. The summed E-state index contributed by atoms with van der Waals surface area (Å²) in [4.78, 5) is 9.27. The van der Waals surface area contributed by atoms with E-state index >= 15 is 0 Å². The molecule has 0 amide bonds. The number of rotatable bonds is 5. The molecule has 0 bridgehead atoms. The van der Waals surface area contributed by atoms with Crippen LogP contribution in [0.5, 0.6) is 0 Å². The van der Waals surface area contributed by atoms with E-state index in [-0.39, 0.29) is 6.04 Å². The third-order valence-corrected chi connectivity index (χ3v) is 4.17. The molecular weight excluding hydrogens is 304 g/mol. The lowest BCUT2D eigenvalue weighted by molar-refractivity contribution is 0.761. The van der Waals surface area contributed by atoms with Crippen LogP contribution in [0.1, 0.15) is 24.9 Å². The summed E-state index contributed by atoms with van der Waals surface area (Å²) in [5, 5.41) is 0. The Labute approximate surface area is 149 Å². The summed E-state index contributed by atoms with van der Waals surface area (Å²) in [5.41, 5.74) is 4.73. The van der Waals surface area contributed by atoms with Crippen molar-refractivity contribution in [1.29, 1.82) is 0 Å². The van der Waals surface area contributed by atoms with Crippen LogP contribution < -0.4 is 0 Å². The van der Waals surface area contributed by atoms with Crippen molar-refractivity contribution >= 4 is 12.1 Å². The Hall–Kier alpha value is -3.00. The van der Waals surface area contributed by atoms with Gasteiger partial charge >= 0.3 is 0 Å². The van der Waals surface area contributed by atoms with Crippen molar-refractivity contribution in [2.24, 2.45) is 9.98 Å². The van der Waals surface area contributed by atoms with E-state index in [0.717, 1.165) is 17.8 Å². The lowest BCUT2D eigenvalue weighted by Crippen LogP contribution is -2.09. The van der Waals surface area contributed by atoms with E-state index in [0.29, 0.717) is 0 Å². The SMILES string of the molecule is C=C/C=C\C=C(/C)C1=NC(c2ccc(-c3ccccc3)cc2)CC=N1. The van der Waals surface area contributed by atoms with Gasteiger partial charge in [0.2, 0.25) is 0 Å². The molecule has 0 aliphatic carbocycles. The van der Waals surface area contributed by atoms with E-state index in [9.17, 15) is 0 Å². The number of amidine groups is 1. The molecule has 0 aromatic heterocycles. The molecule has 2 heteroatoms. The largest absolute Gasteiger partial charge is 0.258 e. The van der Waals surface area contributed by atoms with Gasteiger partial charge in [-0.2, -0.15) is 0 Å². The zero-order valence-electron chi connectivity index (χ0n) is 14.5. The van der Waals surface area contributed by atoms with Crippen LogP contribution in [0.2, 0.25) is 0 Å². The fourth-order valence-electron chi connectivity index (χ4n) is 2.77. The number of hydrogen-bond donors (Lipinski definition) is 0. The van der Waals surface area contributed by atoms with Crippen molar-refractivity contribution in [2.75, 3.05) is 0 Å². The second-order valence-electron chi connectivity index (χ2n) is 5.97. The Morgan fingerprint density at radius 3 is 2.44 bits per heavy atom. The number of allylic oxidation sites excluding steroid dienone is 4. The van der Waals surface area contributed by atoms with Gasteiger partial charge < -0.3 is 0 Å². The summed E-state index contributed by atoms with van der Waals surface area (Å²) in [6.07, 6.45) is 10.4. The fraction of sp³-hybridized carbons (Fsp3) is 0.130. The van der Waals surface area contributed by atoms with Gasteiger partial charge in [-0.15, -0.1) is 0 Å². The monoisotopic (exact) mass is 326 g/mol. The maximum absolute atomic E-state index is 4.82. The third kappa shape index (κ3) is 4.30. The van der Waals surface area contributed by atoms with Crippen molar-refractivity contribution < 1.29 is 0 Å². The first-order valence-corrected chi connectivity index (χ1v) is 8.50. The number of benzene rings is 2. The molecule has 1 unspecified atom stereocenters. The molecule has 0 N–H and O–H groups in total. The van der Waals surface area contributed by atoms with Crippen LogP contribution in [0.15, 0.2) is 101 Å². The Bertz CT molecular complexity index is 837. The van der Waals surface area contributed by atoms with E-state index in [4.69, 9.17) is 4.99 Å². The first-order chi connectivity index (χ1) is 12.3. The second kappa shape index (κ2) is 8.20. The van der Waals surface area contributed by atoms with E-state index < -0.39 is 0 Å². The van der Waals surface area contributed by atoms with E-state index in [1.165, 1.54) is 16.7 Å². The third-order valence-electron chi connectivity index (χ3n) is 4.17. The van der Waals surface area contributed by atoms with Gasteiger partial charge in [-0.25, -0.2) is 4.99 Å². The van der Waals surface area contributed by atoms with Crippen molar-refractivity contribution in [1.82, 2.24) is 0 Å². The zero-order chi connectivity index (χ0) is 17.5. The minimum Gasteiger partial charge on any atom is -0.258 e. The topological polar surface area (TPSA) is 24.7 Å². The number of hydrogen-bond acceptors (Lipinski definition) is 2. The lowest BCUT2D eigenvalue weighted by atomic mass is 9.99.